The summed E-state index contributed by atoms with van der Waals surface area (Å²) in [4.78, 5) is 60.5. The first kappa shape index (κ1) is 24.7. The summed E-state index contributed by atoms with van der Waals surface area (Å²) < 4.78 is 0. The molecule has 4 atom stereocenters. The topological polar surface area (TPSA) is 179 Å². The molecule has 0 bridgehead atoms. The molecular weight excluding hydrogens is 404 g/mol. The van der Waals surface area contributed by atoms with Crippen LogP contribution >= 0.6 is 11.8 Å². The fourth-order valence-corrected chi connectivity index (χ4v) is 3.41. The molecule has 0 aromatic heterocycles. The van der Waals surface area contributed by atoms with Gasteiger partial charge in [0.25, 0.3) is 0 Å². The number of rotatable bonds is 11. The largest absolute Gasteiger partial charge is 0.481 e. The molecule has 29 heavy (non-hydrogen) atoms. The maximum absolute atomic E-state index is 12.7. The fraction of sp³-hybridized carbons (Fsp3) is 0.706. The summed E-state index contributed by atoms with van der Waals surface area (Å²) in [6.45, 7) is 1.58. The van der Waals surface area contributed by atoms with Crippen molar-refractivity contribution < 1.29 is 34.2 Å². The van der Waals surface area contributed by atoms with E-state index >= 15 is 0 Å². The standard InChI is InChI=1S/C17H28N4O7S/c1-9(17(27)28)19-14(24)11(5-7-29-2)20-15(25)12-4-3-6-21(12)16(26)10(18)8-13(22)23/h9-12H,3-8,18H2,1-2H3,(H,19,24)(H,20,25)(H,22,23)(H,27,28). The first-order valence-corrected chi connectivity index (χ1v) is 10.6. The number of carbonyl (C=O) groups is 5. The van der Waals surface area contributed by atoms with Crippen molar-refractivity contribution in [1.82, 2.24) is 15.5 Å². The van der Waals surface area contributed by atoms with Crippen molar-refractivity contribution in [3.63, 3.8) is 0 Å². The van der Waals surface area contributed by atoms with E-state index in [1.54, 1.807) is 0 Å². The van der Waals surface area contributed by atoms with E-state index in [0.29, 0.717) is 18.6 Å². The average molecular weight is 432 g/mol. The Hall–Kier alpha value is -2.34. The van der Waals surface area contributed by atoms with Crippen LogP contribution in [0.1, 0.15) is 32.6 Å². The van der Waals surface area contributed by atoms with E-state index in [2.05, 4.69) is 10.6 Å². The zero-order valence-corrected chi connectivity index (χ0v) is 17.2. The lowest BCUT2D eigenvalue weighted by molar-refractivity contribution is -0.144. The van der Waals surface area contributed by atoms with Crippen LogP contribution in [0.5, 0.6) is 0 Å². The van der Waals surface area contributed by atoms with Gasteiger partial charge in [0.05, 0.1) is 12.5 Å². The zero-order chi connectivity index (χ0) is 22.1. The average Bonchev–Trinajstić information content (AvgIpc) is 3.13. The van der Waals surface area contributed by atoms with Crippen molar-refractivity contribution in [3.8, 4) is 0 Å². The normalized spacial score (nSPS) is 19.1. The Bertz CT molecular complexity index is 645. The van der Waals surface area contributed by atoms with Crippen molar-refractivity contribution >= 4 is 41.4 Å². The lowest BCUT2D eigenvalue weighted by atomic mass is 10.1. The van der Waals surface area contributed by atoms with E-state index in [1.807, 2.05) is 6.26 Å². The van der Waals surface area contributed by atoms with Gasteiger partial charge in [-0.2, -0.15) is 11.8 Å². The van der Waals surface area contributed by atoms with Crippen LogP contribution in [0.4, 0.5) is 0 Å². The number of likely N-dealkylation sites (tertiary alicyclic amines) is 1. The number of nitrogens with one attached hydrogen (secondary N) is 2. The third-order valence-electron chi connectivity index (χ3n) is 4.52. The third kappa shape index (κ3) is 7.54. The SMILES string of the molecule is CSCCC(NC(=O)C1CCCN1C(=O)C(N)CC(=O)O)C(=O)NC(C)C(=O)O. The molecule has 164 valence electrons. The molecule has 3 amide bonds. The molecular formula is C17H28N4O7S. The van der Waals surface area contributed by atoms with Gasteiger partial charge in [0.15, 0.2) is 0 Å². The minimum Gasteiger partial charge on any atom is -0.481 e. The number of carboxylic acid groups (broad SMARTS) is 2. The molecule has 1 saturated heterocycles. The van der Waals surface area contributed by atoms with E-state index in [-0.39, 0.29) is 13.0 Å². The zero-order valence-electron chi connectivity index (χ0n) is 16.4. The van der Waals surface area contributed by atoms with Crippen LogP contribution in [0.25, 0.3) is 0 Å². The molecule has 0 aliphatic carbocycles. The summed E-state index contributed by atoms with van der Waals surface area (Å²) in [5.74, 6) is -3.67. The second-order valence-corrected chi connectivity index (χ2v) is 7.79. The molecule has 1 fully saturated rings. The third-order valence-corrected chi connectivity index (χ3v) is 5.17. The van der Waals surface area contributed by atoms with Crippen LogP contribution in [0.2, 0.25) is 0 Å². The van der Waals surface area contributed by atoms with Crippen molar-refractivity contribution in [1.29, 1.82) is 0 Å². The van der Waals surface area contributed by atoms with Gasteiger partial charge < -0.3 is 31.5 Å². The van der Waals surface area contributed by atoms with Crippen LogP contribution in [-0.4, -0.2) is 87.5 Å². The minimum absolute atomic E-state index is 0.266. The molecule has 0 spiro atoms. The summed E-state index contributed by atoms with van der Waals surface area (Å²) in [6.07, 6.45) is 2.47. The maximum atomic E-state index is 12.7. The predicted octanol–water partition coefficient (Wildman–Crippen LogP) is -1.39. The first-order chi connectivity index (χ1) is 13.6. The number of thioether (sulfide) groups is 1. The molecule has 1 rings (SSSR count). The fourth-order valence-electron chi connectivity index (χ4n) is 2.94. The van der Waals surface area contributed by atoms with Crippen molar-refractivity contribution in [2.45, 2.75) is 56.8 Å². The van der Waals surface area contributed by atoms with Crippen molar-refractivity contribution in [2.75, 3.05) is 18.6 Å². The van der Waals surface area contributed by atoms with Crippen molar-refractivity contribution in [2.24, 2.45) is 5.73 Å². The molecule has 1 aliphatic rings. The highest BCUT2D eigenvalue weighted by Crippen LogP contribution is 2.19. The predicted molar refractivity (Wildman–Crippen MR) is 105 cm³/mol. The monoisotopic (exact) mass is 432 g/mol. The summed E-state index contributed by atoms with van der Waals surface area (Å²) in [6, 6.07) is -4.19. The van der Waals surface area contributed by atoms with E-state index in [9.17, 15) is 24.0 Å². The number of carbonyl (C=O) groups excluding carboxylic acids is 3. The van der Waals surface area contributed by atoms with Crippen LogP contribution in [-0.2, 0) is 24.0 Å². The highest BCUT2D eigenvalue weighted by Gasteiger charge is 2.38. The molecule has 1 aliphatic heterocycles. The Balaban J connectivity index is 2.83. The number of hydrogen-bond acceptors (Lipinski definition) is 7. The second kappa shape index (κ2) is 11.6. The molecule has 0 aromatic carbocycles. The van der Waals surface area contributed by atoms with Gasteiger partial charge in [0, 0.05) is 6.54 Å². The number of amides is 3. The Morgan fingerprint density at radius 3 is 2.41 bits per heavy atom. The first-order valence-electron chi connectivity index (χ1n) is 9.18. The summed E-state index contributed by atoms with van der Waals surface area (Å²) in [7, 11) is 0. The van der Waals surface area contributed by atoms with Gasteiger partial charge in [-0.1, -0.05) is 0 Å². The molecule has 6 N–H and O–H groups in total. The lowest BCUT2D eigenvalue weighted by Gasteiger charge is -2.28. The van der Waals surface area contributed by atoms with Crippen LogP contribution in [0.15, 0.2) is 0 Å². The molecule has 4 unspecified atom stereocenters. The highest BCUT2D eigenvalue weighted by molar-refractivity contribution is 7.98. The number of hydrogen-bond donors (Lipinski definition) is 5. The number of carboxylic acids is 2. The van der Waals surface area contributed by atoms with Gasteiger partial charge in [-0.3, -0.25) is 24.0 Å². The number of nitrogens with zero attached hydrogens (tertiary/aromatic N) is 1. The maximum Gasteiger partial charge on any atom is 0.325 e. The van der Waals surface area contributed by atoms with E-state index in [0.717, 1.165) is 0 Å². The number of aliphatic carboxylic acids is 2. The van der Waals surface area contributed by atoms with E-state index in [1.165, 1.54) is 23.6 Å². The van der Waals surface area contributed by atoms with Crippen LogP contribution < -0.4 is 16.4 Å². The molecule has 11 nitrogen and oxygen atoms in total. The minimum atomic E-state index is -1.26. The van der Waals surface area contributed by atoms with E-state index < -0.39 is 60.2 Å². The van der Waals surface area contributed by atoms with Gasteiger partial charge in [0.1, 0.15) is 18.1 Å². The summed E-state index contributed by atoms with van der Waals surface area (Å²) in [5, 5.41) is 22.7. The smallest absolute Gasteiger partial charge is 0.325 e. The molecule has 1 heterocycles. The quantitative estimate of drug-likeness (QED) is 0.263. The van der Waals surface area contributed by atoms with Gasteiger partial charge in [-0.05, 0) is 38.2 Å². The second-order valence-electron chi connectivity index (χ2n) is 6.81. The van der Waals surface area contributed by atoms with Gasteiger partial charge in [-0.15, -0.1) is 0 Å². The summed E-state index contributed by atoms with van der Waals surface area (Å²) >= 11 is 1.46. The van der Waals surface area contributed by atoms with Gasteiger partial charge in [-0.25, -0.2) is 0 Å². The van der Waals surface area contributed by atoms with Crippen molar-refractivity contribution in [3.05, 3.63) is 0 Å². The van der Waals surface area contributed by atoms with Crippen LogP contribution in [0.3, 0.4) is 0 Å². The van der Waals surface area contributed by atoms with Gasteiger partial charge >= 0.3 is 11.9 Å². The molecule has 0 saturated carbocycles. The van der Waals surface area contributed by atoms with Crippen LogP contribution in [0, 0.1) is 0 Å². The number of nitrogens with two attached hydrogens (primary N) is 1. The Labute approximate surface area is 172 Å². The molecule has 0 aromatic rings. The van der Waals surface area contributed by atoms with E-state index in [4.69, 9.17) is 15.9 Å². The Morgan fingerprint density at radius 2 is 1.86 bits per heavy atom. The summed E-state index contributed by atoms with van der Waals surface area (Å²) in [5.41, 5.74) is 5.63. The highest BCUT2D eigenvalue weighted by atomic mass is 32.2. The molecule has 12 heteroatoms. The Kier molecular flexibility index (Phi) is 9.89. The lowest BCUT2D eigenvalue weighted by Crippen LogP contribution is -2.56. The molecule has 0 radical (unpaired) electrons. The Morgan fingerprint density at radius 1 is 1.21 bits per heavy atom. The van der Waals surface area contributed by atoms with Gasteiger partial charge in [0.2, 0.25) is 17.7 Å².